The molecule has 0 amide bonds. The number of carbonyl (C=O) groups excluding carboxylic acids is 2. The van der Waals surface area contributed by atoms with E-state index in [9.17, 15) is 18.8 Å². The molecular weight excluding hydrogens is 543 g/mol. The van der Waals surface area contributed by atoms with Crippen molar-refractivity contribution in [3.8, 4) is 22.3 Å². The molecular formula is C33H29FO6S. The minimum Gasteiger partial charge on any atom is -0.478 e. The second-order valence-corrected chi connectivity index (χ2v) is 10.7. The molecule has 4 aromatic rings. The highest BCUT2D eigenvalue weighted by molar-refractivity contribution is 8.00. The Balaban J connectivity index is 0.000000218. The minimum atomic E-state index is -1.24. The summed E-state index contributed by atoms with van der Waals surface area (Å²) in [7, 11) is 0. The van der Waals surface area contributed by atoms with Gasteiger partial charge in [-0.3, -0.25) is 4.79 Å². The number of carbonyl (C=O) groups is 3. The van der Waals surface area contributed by atoms with Crippen LogP contribution in [0.4, 0.5) is 4.39 Å². The minimum absolute atomic E-state index is 0.0854. The van der Waals surface area contributed by atoms with Crippen molar-refractivity contribution in [1.29, 1.82) is 0 Å². The standard InChI is InChI=1S/C20H19FO4S.C13H10O2/c1-13(22)25-20-18(21)11-17(26-20)12-24-19(23)16-9-7-15(8-10-16)14-5-3-2-4-6-14;14-13(15)12-8-6-11(7-9-12)10-4-2-1-3-5-10/h2-10,17-18,20H,11-12H2,1H3;1-9H,(H,14,15). The van der Waals surface area contributed by atoms with Crippen molar-refractivity contribution in [2.45, 2.75) is 30.2 Å². The molecule has 6 nitrogen and oxygen atoms in total. The first kappa shape index (κ1) is 29.6. The molecule has 1 saturated heterocycles. The van der Waals surface area contributed by atoms with Crippen LogP contribution in [-0.2, 0) is 14.3 Å². The Morgan fingerprint density at radius 3 is 1.68 bits per heavy atom. The fraction of sp³-hybridized carbons (Fsp3) is 0.182. The highest BCUT2D eigenvalue weighted by Crippen LogP contribution is 2.37. The van der Waals surface area contributed by atoms with E-state index < -0.39 is 29.5 Å². The van der Waals surface area contributed by atoms with Crippen molar-refractivity contribution in [2.24, 2.45) is 0 Å². The molecule has 5 rings (SSSR count). The zero-order chi connectivity index (χ0) is 29.2. The second-order valence-electron chi connectivity index (χ2n) is 9.28. The number of rotatable bonds is 7. The van der Waals surface area contributed by atoms with Gasteiger partial charge in [0.15, 0.2) is 5.44 Å². The Morgan fingerprint density at radius 1 is 0.756 bits per heavy atom. The molecule has 8 heteroatoms. The Hall–Kier alpha value is -4.43. The lowest BCUT2D eigenvalue weighted by atomic mass is 10.0. The first-order valence-corrected chi connectivity index (χ1v) is 13.9. The smallest absolute Gasteiger partial charge is 0.338 e. The summed E-state index contributed by atoms with van der Waals surface area (Å²) in [5.41, 5.74) is 4.14. The molecule has 41 heavy (non-hydrogen) atoms. The Labute approximate surface area is 242 Å². The van der Waals surface area contributed by atoms with Crippen LogP contribution in [0.15, 0.2) is 109 Å². The molecule has 1 aliphatic rings. The number of alkyl halides is 1. The lowest BCUT2D eigenvalue weighted by Crippen LogP contribution is -2.18. The van der Waals surface area contributed by atoms with Gasteiger partial charge in [0.05, 0.1) is 11.1 Å². The van der Waals surface area contributed by atoms with Gasteiger partial charge in [-0.1, -0.05) is 84.9 Å². The summed E-state index contributed by atoms with van der Waals surface area (Å²) >= 11 is 1.19. The number of carboxylic acid groups (broad SMARTS) is 1. The van der Waals surface area contributed by atoms with E-state index in [0.29, 0.717) is 11.1 Å². The largest absolute Gasteiger partial charge is 0.478 e. The van der Waals surface area contributed by atoms with Gasteiger partial charge >= 0.3 is 17.9 Å². The van der Waals surface area contributed by atoms with E-state index >= 15 is 0 Å². The summed E-state index contributed by atoms with van der Waals surface area (Å²) in [4.78, 5) is 33.8. The molecule has 0 spiro atoms. The maximum Gasteiger partial charge on any atom is 0.338 e. The molecule has 1 aliphatic heterocycles. The first-order chi connectivity index (χ1) is 19.8. The van der Waals surface area contributed by atoms with Gasteiger partial charge in [-0.05, 0) is 52.9 Å². The lowest BCUT2D eigenvalue weighted by molar-refractivity contribution is -0.144. The van der Waals surface area contributed by atoms with Gasteiger partial charge in [0.2, 0.25) is 0 Å². The number of esters is 2. The van der Waals surface area contributed by atoms with E-state index in [1.807, 2.05) is 84.9 Å². The average Bonchev–Trinajstić information content (AvgIpc) is 3.35. The van der Waals surface area contributed by atoms with Crippen LogP contribution in [0.1, 0.15) is 34.1 Å². The third-order valence-electron chi connectivity index (χ3n) is 6.26. The topological polar surface area (TPSA) is 89.9 Å². The number of aromatic carboxylic acids is 1. The van der Waals surface area contributed by atoms with Crippen LogP contribution < -0.4 is 0 Å². The third kappa shape index (κ3) is 8.53. The van der Waals surface area contributed by atoms with Crippen molar-refractivity contribution >= 4 is 29.7 Å². The maximum absolute atomic E-state index is 13.8. The molecule has 1 heterocycles. The molecule has 1 N–H and O–H groups in total. The number of halogens is 1. The van der Waals surface area contributed by atoms with Gasteiger partial charge in [0.1, 0.15) is 12.8 Å². The normalized spacial score (nSPS) is 17.6. The predicted octanol–water partition coefficient (Wildman–Crippen LogP) is 7.30. The molecule has 3 unspecified atom stereocenters. The van der Waals surface area contributed by atoms with Gasteiger partial charge in [-0.25, -0.2) is 14.0 Å². The number of ether oxygens (including phenoxy) is 2. The monoisotopic (exact) mass is 572 g/mol. The highest BCUT2D eigenvalue weighted by Gasteiger charge is 2.38. The zero-order valence-electron chi connectivity index (χ0n) is 22.3. The Kier molecular flexibility index (Phi) is 10.3. The SMILES string of the molecule is CC(=O)OC1SC(COC(=O)c2ccc(-c3ccccc3)cc2)CC1F.O=C(O)c1ccc(-c2ccccc2)cc1. The van der Waals surface area contributed by atoms with Crippen LogP contribution in [0, 0.1) is 0 Å². The summed E-state index contributed by atoms with van der Waals surface area (Å²) < 4.78 is 24.0. The van der Waals surface area contributed by atoms with Crippen LogP contribution in [0.2, 0.25) is 0 Å². The zero-order valence-corrected chi connectivity index (χ0v) is 23.1. The molecule has 0 radical (unpaired) electrons. The molecule has 3 atom stereocenters. The average molecular weight is 573 g/mol. The van der Waals surface area contributed by atoms with Crippen molar-refractivity contribution in [2.75, 3.05) is 6.61 Å². The fourth-order valence-corrected chi connectivity index (χ4v) is 5.48. The van der Waals surface area contributed by atoms with E-state index in [2.05, 4.69) is 0 Å². The quantitative estimate of drug-likeness (QED) is 0.233. The van der Waals surface area contributed by atoms with Crippen molar-refractivity contribution in [3.05, 3.63) is 120 Å². The second kappa shape index (κ2) is 14.3. The van der Waals surface area contributed by atoms with Crippen LogP contribution >= 0.6 is 11.8 Å². The van der Waals surface area contributed by atoms with Crippen molar-refractivity contribution < 1.29 is 33.4 Å². The predicted molar refractivity (Wildman–Crippen MR) is 157 cm³/mol. The van der Waals surface area contributed by atoms with Crippen LogP contribution in [0.25, 0.3) is 22.3 Å². The molecule has 0 bridgehead atoms. The summed E-state index contributed by atoms with van der Waals surface area (Å²) in [5.74, 6) is -1.85. The fourth-order valence-electron chi connectivity index (χ4n) is 4.18. The molecule has 210 valence electrons. The first-order valence-electron chi connectivity index (χ1n) is 13.0. The summed E-state index contributed by atoms with van der Waals surface area (Å²) in [6.07, 6.45) is -1.04. The lowest BCUT2D eigenvalue weighted by Gasteiger charge is -2.12. The summed E-state index contributed by atoms with van der Waals surface area (Å²) in [6, 6.07) is 33.7. The van der Waals surface area contributed by atoms with Crippen molar-refractivity contribution in [3.63, 3.8) is 0 Å². The van der Waals surface area contributed by atoms with Gasteiger partial charge < -0.3 is 14.6 Å². The summed E-state index contributed by atoms with van der Waals surface area (Å²) in [5, 5.41) is 8.53. The van der Waals surface area contributed by atoms with Crippen LogP contribution in [0.3, 0.4) is 0 Å². The van der Waals surface area contributed by atoms with Crippen LogP contribution in [-0.4, -0.2) is 46.5 Å². The number of hydrogen-bond acceptors (Lipinski definition) is 6. The van der Waals surface area contributed by atoms with Crippen molar-refractivity contribution in [1.82, 2.24) is 0 Å². The Bertz CT molecular complexity index is 1440. The van der Waals surface area contributed by atoms with E-state index in [-0.39, 0.29) is 18.3 Å². The summed E-state index contributed by atoms with van der Waals surface area (Å²) in [6.45, 7) is 1.34. The molecule has 4 aromatic carbocycles. The maximum atomic E-state index is 13.8. The third-order valence-corrected chi connectivity index (χ3v) is 7.63. The van der Waals surface area contributed by atoms with Gasteiger partial charge in [-0.2, -0.15) is 0 Å². The van der Waals surface area contributed by atoms with Gasteiger partial charge in [0.25, 0.3) is 0 Å². The Morgan fingerprint density at radius 2 is 1.22 bits per heavy atom. The van der Waals surface area contributed by atoms with Gasteiger partial charge in [0, 0.05) is 12.2 Å². The molecule has 1 fully saturated rings. The van der Waals surface area contributed by atoms with E-state index in [1.165, 1.54) is 18.7 Å². The van der Waals surface area contributed by atoms with Crippen LogP contribution in [0.5, 0.6) is 0 Å². The van der Waals surface area contributed by atoms with E-state index in [0.717, 1.165) is 22.3 Å². The highest BCUT2D eigenvalue weighted by atomic mass is 32.2. The van der Waals surface area contributed by atoms with E-state index in [1.54, 1.807) is 24.3 Å². The number of carboxylic acids is 1. The molecule has 0 aliphatic carbocycles. The molecule has 0 saturated carbocycles. The van der Waals surface area contributed by atoms with E-state index in [4.69, 9.17) is 14.6 Å². The molecule has 0 aromatic heterocycles. The number of hydrogen-bond donors (Lipinski definition) is 1. The van der Waals surface area contributed by atoms with Gasteiger partial charge in [-0.15, -0.1) is 11.8 Å². The number of thioether (sulfide) groups is 1. The number of benzene rings is 4.